The minimum Gasteiger partial charge on any atom is -0.497 e. The molecule has 0 fully saturated rings. The fraction of sp³-hybridized carbons (Fsp3) is 0.0909. The number of methoxy groups -OCH3 is 2. The van der Waals surface area contributed by atoms with Crippen molar-refractivity contribution in [1.29, 1.82) is 0 Å². The topological polar surface area (TPSA) is 18.5 Å². The van der Waals surface area contributed by atoms with E-state index in [4.69, 9.17) is 9.47 Å². The van der Waals surface area contributed by atoms with Crippen molar-refractivity contribution < 1.29 is 9.47 Å². The van der Waals surface area contributed by atoms with E-state index in [0.29, 0.717) is 0 Å². The van der Waals surface area contributed by atoms with E-state index in [9.17, 15) is 0 Å². The molecule has 0 aliphatic rings. The summed E-state index contributed by atoms with van der Waals surface area (Å²) in [7, 11) is 3.44. The summed E-state index contributed by atoms with van der Waals surface area (Å²) in [5.74, 6) is 1.78. The second kappa shape index (κ2) is 4.75. The monoisotopic (exact) mass is 312 g/mol. The lowest BCUT2D eigenvalue weighted by Gasteiger charge is -2.16. The van der Waals surface area contributed by atoms with Crippen molar-refractivity contribution in [2.24, 2.45) is 0 Å². The van der Waals surface area contributed by atoms with E-state index in [1.807, 2.05) is 0 Å². The van der Waals surface area contributed by atoms with Crippen molar-refractivity contribution in [3.63, 3.8) is 0 Å². The molecule has 0 bridgehead atoms. The molecule has 0 radical (unpaired) electrons. The maximum atomic E-state index is 5.53. The van der Waals surface area contributed by atoms with Gasteiger partial charge in [0.2, 0.25) is 0 Å². The Hall–Kier alpha value is -3.00. The average Bonchev–Trinajstić information content (AvgIpc) is 2.64. The van der Waals surface area contributed by atoms with E-state index < -0.39 is 0 Å². The van der Waals surface area contributed by atoms with Gasteiger partial charge in [-0.1, -0.05) is 36.4 Å². The molecule has 2 nitrogen and oxygen atoms in total. The Morgan fingerprint density at radius 2 is 1.00 bits per heavy atom. The zero-order chi connectivity index (χ0) is 16.3. The number of hydrogen-bond acceptors (Lipinski definition) is 2. The fourth-order valence-corrected chi connectivity index (χ4v) is 3.91. The van der Waals surface area contributed by atoms with E-state index in [0.717, 1.165) is 11.5 Å². The van der Waals surface area contributed by atoms with Crippen LogP contribution in [0, 0.1) is 0 Å². The van der Waals surface area contributed by atoms with Crippen LogP contribution in [0.4, 0.5) is 0 Å². The molecule has 116 valence electrons. The number of hydrogen-bond donors (Lipinski definition) is 0. The van der Waals surface area contributed by atoms with E-state index >= 15 is 0 Å². The van der Waals surface area contributed by atoms with Crippen molar-refractivity contribution in [1.82, 2.24) is 0 Å². The number of fused-ring (bicyclic) bond motifs is 2. The van der Waals surface area contributed by atoms with Gasteiger partial charge < -0.3 is 9.47 Å². The lowest BCUT2D eigenvalue weighted by Crippen LogP contribution is -1.90. The van der Waals surface area contributed by atoms with Crippen molar-refractivity contribution in [3.05, 3.63) is 60.7 Å². The van der Waals surface area contributed by atoms with Crippen LogP contribution < -0.4 is 9.47 Å². The molecular formula is C22H16O2. The molecule has 2 heteroatoms. The van der Waals surface area contributed by atoms with E-state index in [2.05, 4.69) is 60.7 Å². The van der Waals surface area contributed by atoms with Gasteiger partial charge in [0.25, 0.3) is 0 Å². The van der Waals surface area contributed by atoms with E-state index in [-0.39, 0.29) is 0 Å². The third kappa shape index (κ3) is 1.65. The molecule has 5 aromatic rings. The molecule has 0 amide bonds. The molecule has 0 atom stereocenters. The molecule has 0 N–H and O–H groups in total. The van der Waals surface area contributed by atoms with Gasteiger partial charge in [0.1, 0.15) is 11.5 Å². The van der Waals surface area contributed by atoms with Crippen LogP contribution >= 0.6 is 0 Å². The Bertz CT molecular complexity index is 1120. The first kappa shape index (κ1) is 13.4. The van der Waals surface area contributed by atoms with Crippen LogP contribution in [0.15, 0.2) is 60.7 Å². The van der Waals surface area contributed by atoms with Gasteiger partial charge in [-0.2, -0.15) is 0 Å². The fourth-order valence-electron chi connectivity index (χ4n) is 3.91. The van der Waals surface area contributed by atoms with Crippen LogP contribution in [0.3, 0.4) is 0 Å². The van der Waals surface area contributed by atoms with Gasteiger partial charge in [-0.3, -0.25) is 0 Å². The summed E-state index contributed by atoms with van der Waals surface area (Å²) in [6.07, 6.45) is 0. The Balaban J connectivity index is 2.17. The summed E-state index contributed by atoms with van der Waals surface area (Å²) in [5.41, 5.74) is 0. The summed E-state index contributed by atoms with van der Waals surface area (Å²) in [4.78, 5) is 0. The van der Waals surface area contributed by atoms with Gasteiger partial charge >= 0.3 is 0 Å². The van der Waals surface area contributed by atoms with Crippen molar-refractivity contribution in [2.45, 2.75) is 0 Å². The molecular weight excluding hydrogens is 296 g/mol. The molecule has 0 spiro atoms. The molecule has 5 aromatic carbocycles. The summed E-state index contributed by atoms with van der Waals surface area (Å²) in [6, 6.07) is 21.4. The van der Waals surface area contributed by atoms with Gasteiger partial charge in [-0.15, -0.1) is 0 Å². The van der Waals surface area contributed by atoms with Crippen molar-refractivity contribution >= 4 is 43.1 Å². The predicted molar refractivity (Wildman–Crippen MR) is 101 cm³/mol. The molecule has 24 heavy (non-hydrogen) atoms. The maximum absolute atomic E-state index is 5.53. The van der Waals surface area contributed by atoms with E-state index in [1.165, 1.54) is 43.1 Å². The zero-order valence-electron chi connectivity index (χ0n) is 13.6. The normalized spacial score (nSPS) is 11.8. The van der Waals surface area contributed by atoms with Crippen LogP contribution in [0.2, 0.25) is 0 Å². The van der Waals surface area contributed by atoms with Crippen LogP contribution in [0.1, 0.15) is 0 Å². The van der Waals surface area contributed by atoms with Gasteiger partial charge in [-0.25, -0.2) is 0 Å². The highest BCUT2D eigenvalue weighted by Crippen LogP contribution is 2.42. The lowest BCUT2D eigenvalue weighted by atomic mass is 9.89. The smallest absolute Gasteiger partial charge is 0.120 e. The highest BCUT2D eigenvalue weighted by Gasteiger charge is 2.14. The first-order valence-electron chi connectivity index (χ1n) is 8.02. The summed E-state index contributed by atoms with van der Waals surface area (Å²) < 4.78 is 11.1. The Morgan fingerprint density at radius 1 is 0.542 bits per heavy atom. The highest BCUT2D eigenvalue weighted by molar-refractivity contribution is 6.33. The third-order valence-electron chi connectivity index (χ3n) is 4.95. The van der Waals surface area contributed by atoms with Crippen LogP contribution in [-0.4, -0.2) is 14.2 Å². The zero-order valence-corrected chi connectivity index (χ0v) is 13.6. The molecule has 0 saturated carbocycles. The second-order valence-corrected chi connectivity index (χ2v) is 6.16. The second-order valence-electron chi connectivity index (χ2n) is 6.16. The molecule has 0 unspecified atom stereocenters. The average molecular weight is 312 g/mol. The Morgan fingerprint density at radius 3 is 1.42 bits per heavy atom. The summed E-state index contributed by atoms with van der Waals surface area (Å²) in [6.45, 7) is 0. The van der Waals surface area contributed by atoms with Crippen molar-refractivity contribution in [3.8, 4) is 11.5 Å². The largest absolute Gasteiger partial charge is 0.497 e. The summed E-state index contributed by atoms with van der Waals surface area (Å²) >= 11 is 0. The van der Waals surface area contributed by atoms with E-state index in [1.54, 1.807) is 14.2 Å². The third-order valence-corrected chi connectivity index (χ3v) is 4.95. The number of rotatable bonds is 2. The lowest BCUT2D eigenvalue weighted by molar-refractivity contribution is 0.415. The minimum absolute atomic E-state index is 0.892. The SMILES string of the molecule is COc1cc2cccc3c4cc(OC)cc5cccc(c(c1)c23)c54. The Labute approximate surface area is 139 Å². The van der Waals surface area contributed by atoms with Crippen molar-refractivity contribution in [2.75, 3.05) is 14.2 Å². The van der Waals surface area contributed by atoms with Crippen LogP contribution in [0.25, 0.3) is 43.1 Å². The predicted octanol–water partition coefficient (Wildman–Crippen LogP) is 5.75. The van der Waals surface area contributed by atoms with Crippen LogP contribution in [0.5, 0.6) is 11.5 Å². The Kier molecular flexibility index (Phi) is 2.66. The standard InChI is InChI=1S/C22H16O2/c1-23-15-9-13-5-3-8-18-20-12-16(24-2)10-14-6-4-7-17(22(14)20)19(11-15)21(13)18/h3-12H,1-2H3. The van der Waals surface area contributed by atoms with Gasteiger partial charge in [0.05, 0.1) is 14.2 Å². The van der Waals surface area contributed by atoms with Crippen LogP contribution in [-0.2, 0) is 0 Å². The van der Waals surface area contributed by atoms with Gasteiger partial charge in [0, 0.05) is 0 Å². The molecule has 0 saturated heterocycles. The summed E-state index contributed by atoms with van der Waals surface area (Å²) in [5, 5.41) is 9.96. The first-order chi connectivity index (χ1) is 11.8. The molecule has 0 aliphatic heterocycles. The molecule has 5 rings (SSSR count). The number of benzene rings is 5. The molecule has 0 aliphatic carbocycles. The molecule has 0 heterocycles. The highest BCUT2D eigenvalue weighted by atomic mass is 16.5. The number of ether oxygens (including phenoxy) is 2. The minimum atomic E-state index is 0.892. The van der Waals surface area contributed by atoms with Gasteiger partial charge in [-0.05, 0) is 67.4 Å². The maximum Gasteiger partial charge on any atom is 0.120 e. The first-order valence-corrected chi connectivity index (χ1v) is 8.02. The molecule has 0 aromatic heterocycles. The van der Waals surface area contributed by atoms with Gasteiger partial charge in [0.15, 0.2) is 0 Å². The quantitative estimate of drug-likeness (QED) is 0.305.